The molecule has 0 atom stereocenters. The van der Waals surface area contributed by atoms with Crippen LogP contribution in [0.1, 0.15) is 40.3 Å². The Morgan fingerprint density at radius 1 is 1.03 bits per heavy atom. The fraction of sp³-hybridized carbons (Fsp3) is 0.208. The van der Waals surface area contributed by atoms with Crippen molar-refractivity contribution >= 4 is 22.9 Å². The maximum atomic E-state index is 13.5. The van der Waals surface area contributed by atoms with Crippen LogP contribution >= 0.6 is 0 Å². The minimum absolute atomic E-state index is 0.0000471. The number of halogens is 4. The van der Waals surface area contributed by atoms with Gasteiger partial charge in [0.05, 0.1) is 28.8 Å². The Morgan fingerprint density at radius 3 is 2.53 bits per heavy atom. The lowest BCUT2D eigenvalue weighted by atomic mass is 9.98. The first-order valence-corrected chi connectivity index (χ1v) is 10.9. The maximum absolute atomic E-state index is 13.5. The van der Waals surface area contributed by atoms with Gasteiger partial charge in [-0.2, -0.15) is 23.4 Å². The smallest absolute Gasteiger partial charge is 0.305 e. The summed E-state index contributed by atoms with van der Waals surface area (Å²) < 4.78 is 55.2. The fourth-order valence-corrected chi connectivity index (χ4v) is 3.95. The number of hydrogen-bond donors (Lipinski definition) is 1. The van der Waals surface area contributed by atoms with E-state index in [4.69, 9.17) is 0 Å². The summed E-state index contributed by atoms with van der Waals surface area (Å²) in [5, 5.41) is 11.7. The van der Waals surface area contributed by atoms with Gasteiger partial charge in [-0.3, -0.25) is 9.48 Å². The molecule has 0 saturated heterocycles. The number of fused-ring (bicyclic) bond motifs is 1. The van der Waals surface area contributed by atoms with Crippen LogP contribution in [0.5, 0.6) is 0 Å². The van der Waals surface area contributed by atoms with Crippen LogP contribution < -0.4 is 5.32 Å². The zero-order chi connectivity index (χ0) is 25.6. The zero-order valence-electron chi connectivity index (χ0n) is 19.1. The molecule has 0 spiro atoms. The lowest BCUT2D eigenvalue weighted by molar-refractivity contribution is -0.141. The van der Waals surface area contributed by atoms with Crippen LogP contribution in [0, 0.1) is 6.92 Å². The van der Waals surface area contributed by atoms with E-state index in [0.29, 0.717) is 29.9 Å². The van der Waals surface area contributed by atoms with E-state index >= 15 is 0 Å². The molecule has 5 rings (SSSR count). The topological polar surface area (TPSA) is 90.0 Å². The van der Waals surface area contributed by atoms with E-state index in [9.17, 15) is 22.4 Å². The van der Waals surface area contributed by atoms with Crippen LogP contribution in [-0.4, -0.2) is 35.3 Å². The lowest BCUT2D eigenvalue weighted by Crippen LogP contribution is -2.16. The first-order valence-electron chi connectivity index (χ1n) is 10.9. The number of alkyl halides is 3. The summed E-state index contributed by atoms with van der Waals surface area (Å²) in [4.78, 5) is 20.5. The summed E-state index contributed by atoms with van der Waals surface area (Å²) in [5.41, 5.74) is 2.28. The van der Waals surface area contributed by atoms with Gasteiger partial charge in [-0.1, -0.05) is 6.08 Å². The number of aromatic nitrogens is 6. The molecule has 0 fully saturated rings. The monoisotopic (exact) mass is 497 g/mol. The quantitative estimate of drug-likeness (QED) is 0.395. The minimum Gasteiger partial charge on any atom is -0.305 e. The van der Waals surface area contributed by atoms with Crippen molar-refractivity contribution in [3.8, 4) is 11.3 Å². The van der Waals surface area contributed by atoms with Crippen molar-refractivity contribution in [1.29, 1.82) is 0 Å². The summed E-state index contributed by atoms with van der Waals surface area (Å²) in [7, 11) is 1.79. The van der Waals surface area contributed by atoms with Crippen LogP contribution in [-0.2, 0) is 13.2 Å². The predicted octanol–water partition coefficient (Wildman–Crippen LogP) is 5.13. The molecule has 36 heavy (non-hydrogen) atoms. The highest BCUT2D eigenvalue weighted by Crippen LogP contribution is 2.33. The van der Waals surface area contributed by atoms with Crippen molar-refractivity contribution in [2.24, 2.45) is 7.05 Å². The number of hydrogen-bond acceptors (Lipinski definition) is 5. The van der Waals surface area contributed by atoms with Crippen LogP contribution in [0.15, 0.2) is 54.6 Å². The summed E-state index contributed by atoms with van der Waals surface area (Å²) >= 11 is 0. The minimum atomic E-state index is -4.60. The Hall–Kier alpha value is -4.35. The molecule has 1 aliphatic carbocycles. The third-order valence-corrected chi connectivity index (χ3v) is 5.69. The van der Waals surface area contributed by atoms with Gasteiger partial charge in [0.2, 0.25) is 0 Å². The second-order valence-corrected chi connectivity index (χ2v) is 8.30. The van der Waals surface area contributed by atoms with Crippen LogP contribution in [0.25, 0.3) is 22.5 Å². The molecule has 4 heterocycles. The number of carbonyl (C=O) groups excluding carboxylic acids is 1. The molecule has 1 amide bonds. The molecule has 1 N–H and O–H groups in total. The van der Waals surface area contributed by atoms with Crippen molar-refractivity contribution in [2.45, 2.75) is 25.9 Å². The summed E-state index contributed by atoms with van der Waals surface area (Å²) in [6.45, 7) is 1.33. The number of aryl methyl sites for hydroxylation is 2. The predicted molar refractivity (Wildman–Crippen MR) is 124 cm³/mol. The Labute approximate surface area is 202 Å². The van der Waals surface area contributed by atoms with E-state index < -0.39 is 17.8 Å². The van der Waals surface area contributed by atoms with Crippen LogP contribution in [0.3, 0.4) is 0 Å². The third kappa shape index (κ3) is 4.49. The molecule has 0 saturated carbocycles. The van der Waals surface area contributed by atoms with Gasteiger partial charge >= 0.3 is 6.18 Å². The molecule has 4 aromatic heterocycles. The molecule has 4 aromatic rings. The number of nitrogens with one attached hydrogen (secondary N) is 1. The molecule has 0 unspecified atom stereocenters. The van der Waals surface area contributed by atoms with E-state index in [1.807, 2.05) is 6.20 Å². The molecule has 1 aliphatic rings. The van der Waals surface area contributed by atoms with Gasteiger partial charge in [-0.25, -0.2) is 18.9 Å². The fourth-order valence-electron chi connectivity index (χ4n) is 3.95. The summed E-state index contributed by atoms with van der Waals surface area (Å²) in [6, 6.07) is 5.32. The normalized spacial score (nSPS) is 14.1. The molecule has 0 aromatic carbocycles. The molecular weight excluding hydrogens is 478 g/mol. The largest absolute Gasteiger partial charge is 0.433 e. The first-order chi connectivity index (χ1) is 17.1. The molecular formula is C24H19F4N7O. The highest BCUT2D eigenvalue weighted by molar-refractivity contribution is 6.04. The number of anilines is 1. The average molecular weight is 497 g/mol. The SMILES string of the molecule is Cc1nc(C(F)(F)F)ccc1C(=O)Nc1cn2nc(-c3cn(C)nc3C3=CC=C(F)CC3)ccc2n1. The van der Waals surface area contributed by atoms with E-state index in [0.717, 1.165) is 23.3 Å². The van der Waals surface area contributed by atoms with E-state index in [1.54, 1.807) is 29.9 Å². The van der Waals surface area contributed by atoms with E-state index in [-0.39, 0.29) is 22.9 Å². The van der Waals surface area contributed by atoms with Crippen molar-refractivity contribution in [2.75, 3.05) is 5.32 Å². The van der Waals surface area contributed by atoms with Gasteiger partial charge in [-0.05, 0) is 49.3 Å². The van der Waals surface area contributed by atoms with Crippen molar-refractivity contribution in [3.63, 3.8) is 0 Å². The Bertz CT molecular complexity index is 1560. The molecule has 184 valence electrons. The average Bonchev–Trinajstić information content (AvgIpc) is 3.40. The molecule has 0 radical (unpaired) electrons. The van der Waals surface area contributed by atoms with Gasteiger partial charge in [0.25, 0.3) is 5.91 Å². The van der Waals surface area contributed by atoms with Gasteiger partial charge in [0.15, 0.2) is 11.5 Å². The number of imidazole rings is 1. The second-order valence-electron chi connectivity index (χ2n) is 8.30. The van der Waals surface area contributed by atoms with Crippen molar-refractivity contribution in [3.05, 3.63) is 77.3 Å². The Kier molecular flexibility index (Phi) is 5.65. The zero-order valence-corrected chi connectivity index (χ0v) is 19.1. The van der Waals surface area contributed by atoms with Crippen molar-refractivity contribution < 1.29 is 22.4 Å². The maximum Gasteiger partial charge on any atom is 0.433 e. The standard InChI is InChI=1S/C24H19F4N7O/c1-13-16(7-9-19(29-13)24(26,27)28)23(36)31-20-12-35-21(30-20)10-8-18(32-35)17-11-34(2)33-22(17)14-3-5-15(25)6-4-14/h3,5,7-12H,4,6H2,1-2H3,(H,31,36). The van der Waals surface area contributed by atoms with E-state index in [2.05, 4.69) is 25.5 Å². The summed E-state index contributed by atoms with van der Waals surface area (Å²) in [6.07, 6.45) is 2.70. The Morgan fingerprint density at radius 2 is 1.83 bits per heavy atom. The number of nitrogens with zero attached hydrogens (tertiary/aromatic N) is 6. The number of allylic oxidation sites excluding steroid dienone is 4. The van der Waals surface area contributed by atoms with E-state index in [1.165, 1.54) is 23.7 Å². The molecule has 8 nitrogen and oxygen atoms in total. The van der Waals surface area contributed by atoms with Gasteiger partial charge in [0.1, 0.15) is 11.5 Å². The van der Waals surface area contributed by atoms with Gasteiger partial charge < -0.3 is 5.32 Å². The van der Waals surface area contributed by atoms with Crippen molar-refractivity contribution in [1.82, 2.24) is 29.4 Å². The van der Waals surface area contributed by atoms with Crippen LogP contribution in [0.2, 0.25) is 0 Å². The summed E-state index contributed by atoms with van der Waals surface area (Å²) in [5.74, 6) is -0.645. The lowest BCUT2D eigenvalue weighted by Gasteiger charge is -2.10. The number of rotatable bonds is 4. The second kappa shape index (κ2) is 8.70. The molecule has 0 bridgehead atoms. The van der Waals surface area contributed by atoms with Crippen LogP contribution in [0.4, 0.5) is 23.4 Å². The highest BCUT2D eigenvalue weighted by Gasteiger charge is 2.33. The van der Waals surface area contributed by atoms with Gasteiger partial charge in [-0.15, -0.1) is 0 Å². The number of carbonyl (C=O) groups is 1. The highest BCUT2D eigenvalue weighted by atomic mass is 19.4. The number of pyridine rings is 1. The molecule has 12 heteroatoms. The third-order valence-electron chi connectivity index (χ3n) is 5.69. The first kappa shape index (κ1) is 23.4. The molecule has 0 aliphatic heterocycles. The Balaban J connectivity index is 1.42. The van der Waals surface area contributed by atoms with Gasteiger partial charge in [0, 0.05) is 25.2 Å². The number of amides is 1.